The van der Waals surface area contributed by atoms with Crippen molar-refractivity contribution in [2.45, 2.75) is 16.3 Å². The van der Waals surface area contributed by atoms with Gasteiger partial charge in [-0.3, -0.25) is 0 Å². The van der Waals surface area contributed by atoms with Gasteiger partial charge in [0.25, 0.3) is 0 Å². The van der Waals surface area contributed by atoms with Gasteiger partial charge in [-0.15, -0.1) is 0 Å². The zero-order chi connectivity index (χ0) is 17.3. The number of sulfone groups is 1. The lowest BCUT2D eigenvalue weighted by molar-refractivity contribution is 0.543. The molecule has 0 saturated heterocycles. The number of rotatable bonds is 5. The molecule has 1 N–H and O–H groups in total. The third-order valence-corrected chi connectivity index (χ3v) is 5.56. The van der Waals surface area contributed by atoms with E-state index in [9.17, 15) is 25.6 Å². The second-order valence-corrected chi connectivity index (χ2v) is 8.57. The lowest BCUT2D eigenvalue weighted by Crippen LogP contribution is -2.24. The number of sulfonamides is 1. The maximum atomic E-state index is 13.5. The fourth-order valence-electron chi connectivity index (χ4n) is 1.80. The van der Waals surface area contributed by atoms with Crippen LogP contribution in [0.4, 0.5) is 8.78 Å². The predicted octanol–water partition coefficient (Wildman–Crippen LogP) is 1.85. The van der Waals surface area contributed by atoms with E-state index < -0.39 is 36.4 Å². The molecule has 0 aliphatic heterocycles. The molecule has 0 saturated carbocycles. The first-order valence-corrected chi connectivity index (χ1v) is 9.71. The van der Waals surface area contributed by atoms with E-state index in [1.807, 2.05) is 0 Å². The van der Waals surface area contributed by atoms with Crippen LogP contribution in [-0.2, 0) is 26.4 Å². The first-order chi connectivity index (χ1) is 10.6. The van der Waals surface area contributed by atoms with Crippen LogP contribution >= 0.6 is 0 Å². The van der Waals surface area contributed by atoms with Gasteiger partial charge in [0.2, 0.25) is 10.0 Å². The highest BCUT2D eigenvalue weighted by molar-refractivity contribution is 7.90. The molecule has 2 aromatic rings. The fourth-order valence-corrected chi connectivity index (χ4v) is 3.51. The lowest BCUT2D eigenvalue weighted by Gasteiger charge is -2.08. The van der Waals surface area contributed by atoms with Crippen LogP contribution in [0, 0.1) is 11.6 Å². The van der Waals surface area contributed by atoms with Crippen molar-refractivity contribution in [3.63, 3.8) is 0 Å². The van der Waals surface area contributed by atoms with E-state index in [0.29, 0.717) is 11.6 Å². The first kappa shape index (κ1) is 17.5. The average molecular weight is 361 g/mol. The van der Waals surface area contributed by atoms with Crippen molar-refractivity contribution in [1.29, 1.82) is 0 Å². The minimum absolute atomic E-state index is 0.105. The Morgan fingerprint density at radius 3 is 2.09 bits per heavy atom. The molecule has 0 unspecified atom stereocenters. The molecule has 124 valence electrons. The van der Waals surface area contributed by atoms with Gasteiger partial charge in [-0.05, 0) is 29.8 Å². The normalized spacial score (nSPS) is 12.3. The highest BCUT2D eigenvalue weighted by Gasteiger charge is 2.19. The largest absolute Gasteiger partial charge is 0.243 e. The van der Waals surface area contributed by atoms with Gasteiger partial charge in [0.05, 0.1) is 4.90 Å². The molecular weight excluding hydrogens is 348 g/mol. The number of hydrogen-bond acceptors (Lipinski definition) is 4. The minimum Gasteiger partial charge on any atom is -0.224 e. The molecule has 5 nitrogen and oxygen atoms in total. The third-order valence-electron chi connectivity index (χ3n) is 3.00. The Hall–Kier alpha value is -1.84. The molecule has 0 amide bonds. The van der Waals surface area contributed by atoms with Crippen LogP contribution in [0.15, 0.2) is 52.3 Å². The van der Waals surface area contributed by atoms with Gasteiger partial charge in [0.1, 0.15) is 16.5 Å². The van der Waals surface area contributed by atoms with Crippen molar-refractivity contribution >= 4 is 19.9 Å². The highest BCUT2D eigenvalue weighted by atomic mass is 32.2. The van der Waals surface area contributed by atoms with E-state index in [1.165, 1.54) is 24.3 Å². The average Bonchev–Trinajstić information content (AvgIpc) is 2.44. The second-order valence-electron chi connectivity index (χ2n) is 4.82. The van der Waals surface area contributed by atoms with Crippen LogP contribution < -0.4 is 4.72 Å². The molecule has 23 heavy (non-hydrogen) atoms. The number of benzene rings is 2. The van der Waals surface area contributed by atoms with Crippen molar-refractivity contribution in [2.24, 2.45) is 0 Å². The number of nitrogens with one attached hydrogen (secondary N) is 1. The molecule has 0 radical (unpaired) electrons. The minimum atomic E-state index is -4.15. The summed E-state index contributed by atoms with van der Waals surface area (Å²) in [5.74, 6) is -2.07. The van der Waals surface area contributed by atoms with Crippen LogP contribution in [-0.4, -0.2) is 23.1 Å². The van der Waals surface area contributed by atoms with Crippen LogP contribution in [0.3, 0.4) is 0 Å². The smallest absolute Gasteiger partial charge is 0.224 e. The molecule has 0 atom stereocenters. The SMILES string of the molecule is CS(=O)(=O)c1ccc(CNS(=O)(=O)c2ccc(F)cc2F)cc1. The second kappa shape index (κ2) is 6.34. The van der Waals surface area contributed by atoms with Gasteiger partial charge in [0, 0.05) is 18.9 Å². The Kier molecular flexibility index (Phi) is 4.83. The zero-order valence-corrected chi connectivity index (χ0v) is 13.6. The van der Waals surface area contributed by atoms with Crippen molar-refractivity contribution in [3.05, 3.63) is 59.7 Å². The summed E-state index contributed by atoms with van der Waals surface area (Å²) in [7, 11) is -7.49. The molecule has 0 aromatic heterocycles. The molecule has 0 fully saturated rings. The molecule has 0 aliphatic carbocycles. The van der Waals surface area contributed by atoms with Gasteiger partial charge in [-0.2, -0.15) is 0 Å². The van der Waals surface area contributed by atoms with E-state index in [4.69, 9.17) is 0 Å². The van der Waals surface area contributed by atoms with Crippen LogP contribution in [0.1, 0.15) is 5.56 Å². The number of hydrogen-bond donors (Lipinski definition) is 1. The molecule has 9 heteroatoms. The topological polar surface area (TPSA) is 80.3 Å². The van der Waals surface area contributed by atoms with Gasteiger partial charge >= 0.3 is 0 Å². The molecule has 0 heterocycles. The number of halogens is 2. The summed E-state index contributed by atoms with van der Waals surface area (Å²) in [5.41, 5.74) is 0.489. The van der Waals surface area contributed by atoms with Gasteiger partial charge in [-0.1, -0.05) is 12.1 Å². The Bertz CT molecular complexity index is 924. The standard InChI is InChI=1S/C14H13F2NO4S2/c1-22(18,19)12-5-2-10(3-6-12)9-17-23(20,21)14-7-4-11(15)8-13(14)16/h2-8,17H,9H2,1H3. The monoisotopic (exact) mass is 361 g/mol. The molecule has 0 bridgehead atoms. The van der Waals surface area contributed by atoms with Crippen molar-refractivity contribution in [3.8, 4) is 0 Å². The van der Waals surface area contributed by atoms with Crippen molar-refractivity contribution in [2.75, 3.05) is 6.26 Å². The van der Waals surface area contributed by atoms with E-state index in [-0.39, 0.29) is 11.4 Å². The summed E-state index contributed by atoms with van der Waals surface area (Å²) in [4.78, 5) is -0.555. The van der Waals surface area contributed by atoms with E-state index in [2.05, 4.69) is 4.72 Å². The highest BCUT2D eigenvalue weighted by Crippen LogP contribution is 2.16. The fraction of sp³-hybridized carbons (Fsp3) is 0.143. The quantitative estimate of drug-likeness (QED) is 0.881. The van der Waals surface area contributed by atoms with Gasteiger partial charge in [-0.25, -0.2) is 30.3 Å². The summed E-state index contributed by atoms with van der Waals surface area (Å²) in [6.45, 7) is -0.164. The Morgan fingerprint density at radius 1 is 0.957 bits per heavy atom. The maximum absolute atomic E-state index is 13.5. The van der Waals surface area contributed by atoms with Crippen molar-refractivity contribution in [1.82, 2.24) is 4.72 Å². The Balaban J connectivity index is 2.16. The molecular formula is C14H13F2NO4S2. The Morgan fingerprint density at radius 2 is 1.57 bits per heavy atom. The van der Waals surface area contributed by atoms with Crippen LogP contribution in [0.5, 0.6) is 0 Å². The molecule has 2 rings (SSSR count). The van der Waals surface area contributed by atoms with E-state index >= 15 is 0 Å². The van der Waals surface area contributed by atoms with E-state index in [1.54, 1.807) is 0 Å². The van der Waals surface area contributed by atoms with Gasteiger partial charge in [0.15, 0.2) is 9.84 Å². The molecule has 0 aliphatic rings. The maximum Gasteiger partial charge on any atom is 0.243 e. The summed E-state index contributed by atoms with van der Waals surface area (Å²) >= 11 is 0. The van der Waals surface area contributed by atoms with Crippen molar-refractivity contribution < 1.29 is 25.6 Å². The van der Waals surface area contributed by atoms with Crippen LogP contribution in [0.2, 0.25) is 0 Å². The molecule has 2 aromatic carbocycles. The summed E-state index contributed by atoms with van der Waals surface area (Å²) in [6.07, 6.45) is 1.06. The van der Waals surface area contributed by atoms with Gasteiger partial charge < -0.3 is 0 Å². The third kappa shape index (κ3) is 4.34. The summed E-state index contributed by atoms with van der Waals surface area (Å²) < 4.78 is 75.2. The molecule has 0 spiro atoms. The Labute approximate surface area is 132 Å². The summed E-state index contributed by atoms with van der Waals surface area (Å²) in [5, 5.41) is 0. The summed E-state index contributed by atoms with van der Waals surface area (Å²) in [6, 6.07) is 7.74. The zero-order valence-electron chi connectivity index (χ0n) is 12.0. The predicted molar refractivity (Wildman–Crippen MR) is 79.9 cm³/mol. The van der Waals surface area contributed by atoms with Crippen LogP contribution in [0.25, 0.3) is 0 Å². The van der Waals surface area contributed by atoms with E-state index in [0.717, 1.165) is 18.4 Å². The lowest BCUT2D eigenvalue weighted by atomic mass is 10.2. The first-order valence-electron chi connectivity index (χ1n) is 6.33.